The molecular formula is C19H23ClN4O. The maximum Gasteiger partial charge on any atom is 0.244 e. The fourth-order valence-corrected chi connectivity index (χ4v) is 3.43. The average Bonchev–Trinajstić information content (AvgIpc) is 3.05. The summed E-state index contributed by atoms with van der Waals surface area (Å²) in [6.45, 7) is 6.34. The molecular weight excluding hydrogens is 336 g/mol. The van der Waals surface area contributed by atoms with E-state index in [1.165, 1.54) is 5.56 Å². The highest BCUT2D eigenvalue weighted by atomic mass is 35.5. The minimum absolute atomic E-state index is 0.0236. The molecule has 0 saturated heterocycles. The van der Waals surface area contributed by atoms with E-state index in [2.05, 4.69) is 21.2 Å². The summed E-state index contributed by atoms with van der Waals surface area (Å²) in [6.07, 6.45) is 2.85. The van der Waals surface area contributed by atoms with Crippen molar-refractivity contribution in [2.24, 2.45) is 7.05 Å². The van der Waals surface area contributed by atoms with Gasteiger partial charge in [0.1, 0.15) is 6.04 Å². The number of hydrogen-bond acceptors (Lipinski definition) is 2. The van der Waals surface area contributed by atoms with E-state index in [1.807, 2.05) is 52.1 Å². The van der Waals surface area contributed by atoms with Gasteiger partial charge in [-0.25, -0.2) is 0 Å². The molecule has 0 saturated carbocycles. The van der Waals surface area contributed by atoms with Crippen LogP contribution in [-0.4, -0.2) is 26.8 Å². The van der Waals surface area contributed by atoms with Crippen LogP contribution >= 0.6 is 11.6 Å². The van der Waals surface area contributed by atoms with Crippen molar-refractivity contribution in [2.75, 3.05) is 6.54 Å². The molecule has 25 heavy (non-hydrogen) atoms. The Morgan fingerprint density at radius 2 is 2.08 bits per heavy atom. The lowest BCUT2D eigenvalue weighted by Gasteiger charge is -2.14. The number of halogens is 1. The lowest BCUT2D eigenvalue weighted by molar-refractivity contribution is -0.124. The van der Waals surface area contributed by atoms with Crippen molar-refractivity contribution >= 4 is 28.4 Å². The predicted octanol–water partition coefficient (Wildman–Crippen LogP) is 3.56. The van der Waals surface area contributed by atoms with Crippen molar-refractivity contribution in [1.29, 1.82) is 0 Å². The zero-order valence-corrected chi connectivity index (χ0v) is 15.8. The predicted molar refractivity (Wildman–Crippen MR) is 101 cm³/mol. The molecule has 0 aliphatic rings. The second-order valence-corrected chi connectivity index (χ2v) is 6.95. The Morgan fingerprint density at radius 1 is 1.32 bits per heavy atom. The summed E-state index contributed by atoms with van der Waals surface area (Å²) in [5, 5.41) is 9.26. The van der Waals surface area contributed by atoms with Gasteiger partial charge in [-0.3, -0.25) is 9.48 Å². The lowest BCUT2D eigenvalue weighted by atomic mass is 10.1. The van der Waals surface area contributed by atoms with Gasteiger partial charge in [0, 0.05) is 41.4 Å². The van der Waals surface area contributed by atoms with Gasteiger partial charge in [0.15, 0.2) is 0 Å². The number of aromatic nitrogens is 3. The summed E-state index contributed by atoms with van der Waals surface area (Å²) in [5.74, 6) is -0.0236. The number of fused-ring (bicyclic) bond motifs is 1. The maximum absolute atomic E-state index is 12.4. The number of benzene rings is 1. The summed E-state index contributed by atoms with van der Waals surface area (Å²) in [5.41, 5.74) is 4.23. The van der Waals surface area contributed by atoms with Crippen LogP contribution in [0.4, 0.5) is 0 Å². The minimum Gasteiger partial charge on any atom is -0.354 e. The molecule has 0 bridgehead atoms. The normalized spacial score (nSPS) is 12.5. The van der Waals surface area contributed by atoms with Crippen LogP contribution in [0.1, 0.15) is 29.9 Å². The van der Waals surface area contributed by atoms with E-state index in [4.69, 9.17) is 11.6 Å². The first-order valence-electron chi connectivity index (χ1n) is 8.40. The molecule has 0 fully saturated rings. The fourth-order valence-electron chi connectivity index (χ4n) is 3.26. The smallest absolute Gasteiger partial charge is 0.244 e. The highest BCUT2D eigenvalue weighted by Crippen LogP contribution is 2.24. The van der Waals surface area contributed by atoms with E-state index < -0.39 is 0 Å². The van der Waals surface area contributed by atoms with Crippen LogP contribution in [-0.2, 0) is 18.3 Å². The van der Waals surface area contributed by atoms with Gasteiger partial charge in [-0.05, 0) is 57.0 Å². The Hall–Kier alpha value is -2.27. The fraction of sp³-hybridized carbons (Fsp3) is 0.368. The van der Waals surface area contributed by atoms with Crippen molar-refractivity contribution in [3.8, 4) is 0 Å². The molecule has 1 aromatic carbocycles. The zero-order valence-electron chi connectivity index (χ0n) is 15.0. The van der Waals surface area contributed by atoms with E-state index in [0.717, 1.165) is 33.7 Å². The molecule has 1 unspecified atom stereocenters. The van der Waals surface area contributed by atoms with Crippen molar-refractivity contribution < 1.29 is 4.79 Å². The Morgan fingerprint density at radius 3 is 2.76 bits per heavy atom. The van der Waals surface area contributed by atoms with Crippen LogP contribution in [0.3, 0.4) is 0 Å². The molecule has 1 atom stereocenters. The first-order chi connectivity index (χ1) is 11.9. The molecule has 1 N–H and O–H groups in total. The number of rotatable bonds is 5. The van der Waals surface area contributed by atoms with Gasteiger partial charge >= 0.3 is 0 Å². The van der Waals surface area contributed by atoms with Gasteiger partial charge in [0.2, 0.25) is 5.91 Å². The number of carbonyl (C=O) groups is 1. The van der Waals surface area contributed by atoms with Gasteiger partial charge in [0.05, 0.1) is 5.69 Å². The summed E-state index contributed by atoms with van der Waals surface area (Å²) >= 11 is 6.12. The van der Waals surface area contributed by atoms with Crippen molar-refractivity contribution in [2.45, 2.75) is 33.2 Å². The first kappa shape index (κ1) is 17.5. The van der Waals surface area contributed by atoms with E-state index in [0.29, 0.717) is 6.54 Å². The molecule has 132 valence electrons. The first-order valence-corrected chi connectivity index (χ1v) is 8.78. The van der Waals surface area contributed by atoms with Crippen LogP contribution in [0.25, 0.3) is 10.9 Å². The Balaban J connectivity index is 1.66. The minimum atomic E-state index is -0.323. The molecule has 5 nitrogen and oxygen atoms in total. The molecule has 0 spiro atoms. The summed E-state index contributed by atoms with van der Waals surface area (Å²) in [7, 11) is 2.02. The highest BCUT2D eigenvalue weighted by Gasteiger charge is 2.17. The monoisotopic (exact) mass is 358 g/mol. The molecule has 2 aromatic heterocycles. The quantitative estimate of drug-likeness (QED) is 0.758. The number of amides is 1. The molecule has 0 radical (unpaired) electrons. The van der Waals surface area contributed by atoms with Gasteiger partial charge < -0.3 is 9.88 Å². The molecule has 2 heterocycles. The second kappa shape index (κ2) is 6.92. The Bertz CT molecular complexity index is 925. The van der Waals surface area contributed by atoms with E-state index in [9.17, 15) is 4.79 Å². The number of aryl methyl sites for hydroxylation is 3. The van der Waals surface area contributed by atoms with Gasteiger partial charge in [0.25, 0.3) is 0 Å². The molecule has 1 amide bonds. The highest BCUT2D eigenvalue weighted by molar-refractivity contribution is 6.31. The van der Waals surface area contributed by atoms with E-state index in [1.54, 1.807) is 4.68 Å². The van der Waals surface area contributed by atoms with Gasteiger partial charge in [-0.1, -0.05) is 11.6 Å². The van der Waals surface area contributed by atoms with Crippen LogP contribution in [0.2, 0.25) is 5.02 Å². The molecule has 3 rings (SSSR count). The van der Waals surface area contributed by atoms with Crippen molar-refractivity contribution in [1.82, 2.24) is 19.7 Å². The van der Waals surface area contributed by atoms with Crippen LogP contribution in [0.15, 0.2) is 30.5 Å². The summed E-state index contributed by atoms with van der Waals surface area (Å²) in [4.78, 5) is 12.4. The molecule has 6 heteroatoms. The number of nitrogens with zero attached hydrogens (tertiary/aromatic N) is 3. The van der Waals surface area contributed by atoms with Crippen molar-refractivity contribution in [3.63, 3.8) is 0 Å². The lowest BCUT2D eigenvalue weighted by Crippen LogP contribution is -2.33. The number of hydrogen-bond donors (Lipinski definition) is 1. The van der Waals surface area contributed by atoms with E-state index in [-0.39, 0.29) is 11.9 Å². The van der Waals surface area contributed by atoms with Gasteiger partial charge in [-0.2, -0.15) is 5.10 Å². The van der Waals surface area contributed by atoms with Crippen LogP contribution < -0.4 is 5.32 Å². The number of nitrogens with one attached hydrogen (secondary N) is 1. The topological polar surface area (TPSA) is 51.9 Å². The Kier molecular flexibility index (Phi) is 4.86. The van der Waals surface area contributed by atoms with Crippen LogP contribution in [0.5, 0.6) is 0 Å². The third kappa shape index (κ3) is 3.56. The molecule has 0 aliphatic carbocycles. The third-order valence-corrected chi connectivity index (χ3v) is 4.75. The largest absolute Gasteiger partial charge is 0.354 e. The average molecular weight is 359 g/mol. The zero-order chi connectivity index (χ0) is 18.1. The van der Waals surface area contributed by atoms with Gasteiger partial charge in [-0.15, -0.1) is 0 Å². The summed E-state index contributed by atoms with van der Waals surface area (Å²) < 4.78 is 3.85. The van der Waals surface area contributed by atoms with Crippen molar-refractivity contribution in [3.05, 3.63) is 52.4 Å². The maximum atomic E-state index is 12.4. The standard InChI is InChI=1S/C19H23ClN4O/c1-12-9-13(2)24(22-12)14(3)19(25)21-8-7-15-11-23(4)18-6-5-16(20)10-17(15)18/h5-6,9-11,14H,7-8H2,1-4H3,(H,21,25). The SMILES string of the molecule is Cc1cc(C)n(C(C)C(=O)NCCc2cn(C)c3ccc(Cl)cc23)n1. The number of carbonyl (C=O) groups excluding carboxylic acids is 1. The molecule has 0 aliphatic heterocycles. The third-order valence-electron chi connectivity index (χ3n) is 4.52. The van der Waals surface area contributed by atoms with Crippen LogP contribution in [0, 0.1) is 13.8 Å². The second-order valence-electron chi connectivity index (χ2n) is 6.52. The van der Waals surface area contributed by atoms with E-state index >= 15 is 0 Å². The summed E-state index contributed by atoms with van der Waals surface area (Å²) in [6, 6.07) is 7.54. The Labute approximate surface area is 152 Å². The molecule has 3 aromatic rings.